The third-order valence-electron chi connectivity index (χ3n) is 4.28. The van der Waals surface area contributed by atoms with Gasteiger partial charge in [-0.25, -0.2) is 0 Å². The van der Waals surface area contributed by atoms with Crippen molar-refractivity contribution in [2.24, 2.45) is 5.92 Å². The highest BCUT2D eigenvalue weighted by molar-refractivity contribution is 7.80. The summed E-state index contributed by atoms with van der Waals surface area (Å²) in [6.45, 7) is 6.39. The van der Waals surface area contributed by atoms with Gasteiger partial charge in [0.15, 0.2) is 5.11 Å². The quantitative estimate of drug-likeness (QED) is 0.584. The Morgan fingerprint density at radius 3 is 2.73 bits per heavy atom. The molecule has 1 aromatic heterocycles. The number of nitrogens with one attached hydrogen (secondary N) is 3. The normalized spacial score (nSPS) is 21.2. The number of carbonyl (C=O) groups is 1. The van der Waals surface area contributed by atoms with Gasteiger partial charge in [-0.15, -0.1) is 11.3 Å². The van der Waals surface area contributed by atoms with Crippen LogP contribution in [0.4, 0.5) is 0 Å². The monoisotopic (exact) mass is 339 g/mol. The van der Waals surface area contributed by atoms with E-state index >= 15 is 0 Å². The molecule has 122 valence electrons. The first-order valence-electron chi connectivity index (χ1n) is 7.97. The topological polar surface area (TPSA) is 53.2 Å². The van der Waals surface area contributed by atoms with Gasteiger partial charge in [0, 0.05) is 10.9 Å². The number of aryl methyl sites for hydroxylation is 2. The average Bonchev–Trinajstić information content (AvgIpc) is 2.88. The van der Waals surface area contributed by atoms with Crippen molar-refractivity contribution in [2.75, 3.05) is 0 Å². The summed E-state index contributed by atoms with van der Waals surface area (Å²) in [6, 6.07) is 2.33. The van der Waals surface area contributed by atoms with E-state index in [-0.39, 0.29) is 5.91 Å². The summed E-state index contributed by atoms with van der Waals surface area (Å²) in [5, 5.41) is 3.81. The predicted octanol–water partition coefficient (Wildman–Crippen LogP) is 3.31. The van der Waals surface area contributed by atoms with E-state index in [1.54, 1.807) is 0 Å². The Balaban J connectivity index is 1.81. The zero-order valence-electron chi connectivity index (χ0n) is 13.5. The van der Waals surface area contributed by atoms with Crippen LogP contribution < -0.4 is 16.2 Å². The highest BCUT2D eigenvalue weighted by atomic mass is 32.1. The summed E-state index contributed by atoms with van der Waals surface area (Å²) >= 11 is 6.82. The first-order valence-corrected chi connectivity index (χ1v) is 9.20. The molecule has 0 saturated heterocycles. The lowest BCUT2D eigenvalue weighted by molar-refractivity contribution is 0.0947. The van der Waals surface area contributed by atoms with E-state index in [2.05, 4.69) is 30.0 Å². The Morgan fingerprint density at radius 1 is 1.36 bits per heavy atom. The highest BCUT2D eigenvalue weighted by Gasteiger charge is 2.21. The molecule has 0 spiro atoms. The molecule has 0 aromatic carbocycles. The van der Waals surface area contributed by atoms with E-state index in [1.807, 2.05) is 13.0 Å². The van der Waals surface area contributed by atoms with Gasteiger partial charge < -0.3 is 5.32 Å². The number of carbonyl (C=O) groups excluding carboxylic acids is 1. The van der Waals surface area contributed by atoms with Gasteiger partial charge in [0.25, 0.3) is 5.91 Å². The third kappa shape index (κ3) is 4.43. The second-order valence-electron chi connectivity index (χ2n) is 5.99. The molecule has 1 aromatic rings. The molecule has 4 nitrogen and oxygen atoms in total. The molecule has 1 saturated carbocycles. The molecule has 1 heterocycles. The molecule has 2 atom stereocenters. The lowest BCUT2D eigenvalue weighted by atomic mass is 9.86. The van der Waals surface area contributed by atoms with Gasteiger partial charge in [0.1, 0.15) is 0 Å². The lowest BCUT2D eigenvalue weighted by Crippen LogP contribution is -2.51. The zero-order chi connectivity index (χ0) is 16.1. The maximum atomic E-state index is 12.1. The fraction of sp³-hybridized carbons (Fsp3) is 0.625. The highest BCUT2D eigenvalue weighted by Crippen LogP contribution is 2.24. The Morgan fingerprint density at radius 2 is 2.09 bits per heavy atom. The van der Waals surface area contributed by atoms with Crippen LogP contribution in [0, 0.1) is 12.8 Å². The maximum absolute atomic E-state index is 12.1. The molecule has 2 rings (SSSR count). The van der Waals surface area contributed by atoms with Crippen LogP contribution in [0.15, 0.2) is 6.07 Å². The molecule has 3 N–H and O–H groups in total. The molecule has 1 fully saturated rings. The largest absolute Gasteiger partial charge is 0.358 e. The van der Waals surface area contributed by atoms with Crippen LogP contribution in [0.1, 0.15) is 59.6 Å². The van der Waals surface area contributed by atoms with Crippen molar-refractivity contribution >= 4 is 34.6 Å². The van der Waals surface area contributed by atoms with Crippen LogP contribution in [-0.2, 0) is 6.42 Å². The number of hydrogen-bond donors (Lipinski definition) is 3. The molecule has 1 aliphatic carbocycles. The Hall–Kier alpha value is -1.14. The minimum Gasteiger partial charge on any atom is -0.358 e. The summed E-state index contributed by atoms with van der Waals surface area (Å²) < 4.78 is 0. The summed E-state index contributed by atoms with van der Waals surface area (Å²) in [5.74, 6) is 0.491. The fourth-order valence-corrected chi connectivity index (χ4v) is 4.10. The number of hydrogen-bond acceptors (Lipinski definition) is 3. The van der Waals surface area contributed by atoms with Crippen molar-refractivity contribution < 1.29 is 4.79 Å². The van der Waals surface area contributed by atoms with E-state index in [0.717, 1.165) is 17.7 Å². The van der Waals surface area contributed by atoms with Crippen molar-refractivity contribution in [3.05, 3.63) is 21.4 Å². The molecule has 0 radical (unpaired) electrons. The van der Waals surface area contributed by atoms with Gasteiger partial charge in [-0.2, -0.15) is 0 Å². The van der Waals surface area contributed by atoms with Crippen LogP contribution in [0.3, 0.4) is 0 Å². The molecule has 1 aliphatic rings. The standard InChI is InChI=1S/C16H25N3OS2/c1-4-13-11(3)9-14(22-13)15(20)18-19-16(21)17-12-8-6-5-7-10(12)2/h9-10,12H,4-8H2,1-3H3,(H,18,20)(H2,17,19,21)/t10-,12-/m0/s1. The second-order valence-corrected chi connectivity index (χ2v) is 7.54. The number of hydrazine groups is 1. The minimum absolute atomic E-state index is 0.131. The molecule has 22 heavy (non-hydrogen) atoms. The molecule has 0 aliphatic heterocycles. The van der Waals surface area contributed by atoms with Gasteiger partial charge in [-0.05, 0) is 56.0 Å². The van der Waals surface area contributed by atoms with Crippen LogP contribution in [-0.4, -0.2) is 17.1 Å². The van der Waals surface area contributed by atoms with Crippen molar-refractivity contribution in [1.82, 2.24) is 16.2 Å². The summed E-state index contributed by atoms with van der Waals surface area (Å²) in [6.07, 6.45) is 5.87. The molecule has 6 heteroatoms. The van der Waals surface area contributed by atoms with Gasteiger partial charge in [-0.3, -0.25) is 15.6 Å². The average molecular weight is 340 g/mol. The summed E-state index contributed by atoms with van der Waals surface area (Å²) in [4.78, 5) is 14.1. The van der Waals surface area contributed by atoms with Gasteiger partial charge >= 0.3 is 0 Å². The van der Waals surface area contributed by atoms with E-state index in [9.17, 15) is 4.79 Å². The SMILES string of the molecule is CCc1sc(C(=O)NNC(=S)N[C@H]2CCCC[C@@H]2C)cc1C. The summed E-state index contributed by atoms with van der Waals surface area (Å²) in [5.41, 5.74) is 6.68. The Kier molecular flexibility index (Phi) is 6.20. The molecule has 0 unspecified atom stereocenters. The van der Waals surface area contributed by atoms with Crippen molar-refractivity contribution in [2.45, 2.75) is 58.9 Å². The van der Waals surface area contributed by atoms with E-state index in [1.165, 1.54) is 41.0 Å². The van der Waals surface area contributed by atoms with Gasteiger partial charge in [0.2, 0.25) is 0 Å². The number of amides is 1. The number of thiocarbonyl (C=S) groups is 1. The van der Waals surface area contributed by atoms with Gasteiger partial charge in [0.05, 0.1) is 4.88 Å². The van der Waals surface area contributed by atoms with Crippen molar-refractivity contribution in [3.63, 3.8) is 0 Å². The van der Waals surface area contributed by atoms with E-state index < -0.39 is 0 Å². The molecule has 0 bridgehead atoms. The predicted molar refractivity (Wildman–Crippen MR) is 96.2 cm³/mol. The fourth-order valence-electron chi connectivity index (χ4n) is 2.89. The molecular weight excluding hydrogens is 314 g/mol. The smallest absolute Gasteiger partial charge is 0.279 e. The van der Waals surface area contributed by atoms with Gasteiger partial charge in [-0.1, -0.05) is 26.7 Å². The molecular formula is C16H25N3OS2. The maximum Gasteiger partial charge on any atom is 0.279 e. The van der Waals surface area contributed by atoms with Crippen molar-refractivity contribution in [3.8, 4) is 0 Å². The third-order valence-corrected chi connectivity index (χ3v) is 5.88. The zero-order valence-corrected chi connectivity index (χ0v) is 15.1. The second kappa shape index (κ2) is 7.92. The van der Waals surface area contributed by atoms with E-state index in [4.69, 9.17) is 12.2 Å². The number of thiophene rings is 1. The van der Waals surface area contributed by atoms with Crippen LogP contribution in [0.25, 0.3) is 0 Å². The van der Waals surface area contributed by atoms with E-state index in [0.29, 0.717) is 17.1 Å². The first-order chi connectivity index (χ1) is 10.5. The van der Waals surface area contributed by atoms with Crippen LogP contribution >= 0.6 is 23.6 Å². The van der Waals surface area contributed by atoms with Crippen LogP contribution in [0.5, 0.6) is 0 Å². The minimum atomic E-state index is -0.131. The van der Waals surface area contributed by atoms with Crippen LogP contribution in [0.2, 0.25) is 0 Å². The Bertz CT molecular complexity index is 541. The molecule has 1 amide bonds. The summed E-state index contributed by atoms with van der Waals surface area (Å²) in [7, 11) is 0. The van der Waals surface area contributed by atoms with Crippen molar-refractivity contribution in [1.29, 1.82) is 0 Å². The Labute approximate surface area is 142 Å². The number of rotatable bonds is 3. The lowest BCUT2D eigenvalue weighted by Gasteiger charge is -2.30. The first kappa shape index (κ1) is 17.2.